The van der Waals surface area contributed by atoms with Gasteiger partial charge in [-0.25, -0.2) is 36.2 Å². The van der Waals surface area contributed by atoms with Crippen molar-refractivity contribution in [3.63, 3.8) is 0 Å². The molecule has 336 valence electrons. The number of aromatic nitrogens is 7. The Labute approximate surface area is 378 Å². The molecular weight excluding hydrogens is 867 g/mol. The monoisotopic (exact) mass is 921 g/mol. The Morgan fingerprint density at radius 1 is 0.625 bits per heavy atom. The number of hydrogen-bond acceptors (Lipinski definition) is 11. The van der Waals surface area contributed by atoms with Gasteiger partial charge in [0.1, 0.15) is 25.8 Å². The molecule has 0 spiro atoms. The van der Waals surface area contributed by atoms with Crippen LogP contribution >= 0.6 is 11.3 Å². The summed E-state index contributed by atoms with van der Waals surface area (Å²) in [5, 5.41) is 5.50. The number of fused-ring (bicyclic) bond motifs is 2. The molecule has 17 heteroatoms. The highest BCUT2D eigenvalue weighted by Crippen LogP contribution is 2.33. The van der Waals surface area contributed by atoms with Crippen LogP contribution in [0.5, 0.6) is 0 Å². The normalized spacial score (nSPS) is 12.5. The zero-order valence-corrected chi connectivity index (χ0v) is 39.9. The van der Waals surface area contributed by atoms with E-state index < -0.39 is 20.0 Å². The second-order valence-electron chi connectivity index (χ2n) is 17.7. The highest BCUT2D eigenvalue weighted by molar-refractivity contribution is 7.91. The quantitative estimate of drug-likeness (QED) is 0.0762. The molecule has 0 radical (unpaired) electrons. The van der Waals surface area contributed by atoms with Crippen LogP contribution in [0.25, 0.3) is 44.8 Å². The molecule has 64 heavy (non-hydrogen) atoms. The second kappa shape index (κ2) is 18.9. The van der Waals surface area contributed by atoms with Crippen LogP contribution in [0.2, 0.25) is 0 Å². The summed E-state index contributed by atoms with van der Waals surface area (Å²) in [6, 6.07) is 20.4. The zero-order chi connectivity index (χ0) is 45.9. The Balaban J connectivity index is 0.000000192. The molecule has 8 aromatic rings. The van der Waals surface area contributed by atoms with Crippen LogP contribution in [0, 0.1) is 13.8 Å². The summed E-state index contributed by atoms with van der Waals surface area (Å²) >= 11 is 1.22. The van der Waals surface area contributed by atoms with E-state index in [4.69, 9.17) is 4.52 Å². The van der Waals surface area contributed by atoms with Gasteiger partial charge >= 0.3 is 0 Å². The van der Waals surface area contributed by atoms with Gasteiger partial charge in [0.25, 0.3) is 0 Å². The summed E-state index contributed by atoms with van der Waals surface area (Å²) in [4.78, 5) is 24.8. The molecule has 6 heterocycles. The van der Waals surface area contributed by atoms with Gasteiger partial charge in [-0.3, -0.25) is 9.97 Å². The van der Waals surface area contributed by atoms with Crippen molar-refractivity contribution in [3.05, 3.63) is 125 Å². The van der Waals surface area contributed by atoms with E-state index in [-0.39, 0.29) is 28.0 Å². The van der Waals surface area contributed by atoms with E-state index in [2.05, 4.69) is 135 Å². The van der Waals surface area contributed by atoms with Gasteiger partial charge in [0, 0.05) is 49.0 Å². The number of nitrogens with one attached hydrogen (secondary N) is 4. The molecule has 14 nitrogen and oxygen atoms in total. The standard InChI is InChI=1S/C24H29N5O3S.C23H26N4O2S2/c1-15-22(16(2)32-29-15)33(30,31)27-12-6-7-19-20(28-23-21(19)25-13-14-26-23)17-8-10-18(11-9-17)24(3,4)5;1-23(2,3)17-10-8-16(9-11-17)20-18(21-22(27-20)25-14-13-24-21)6-4-12-26-31(28,29)19-7-5-15-30-19/h8-11,13-14,27H,6-7,12H2,1-5H3,(H,26,28);5,7-11,13-15,26H,4,6,12H2,1-3H3,(H,25,27). The third kappa shape index (κ3) is 10.5. The van der Waals surface area contributed by atoms with E-state index in [9.17, 15) is 16.8 Å². The molecular formula is C47H55N9O5S3. The number of H-pyrrole nitrogens is 2. The van der Waals surface area contributed by atoms with E-state index >= 15 is 0 Å². The zero-order valence-electron chi connectivity index (χ0n) is 37.4. The van der Waals surface area contributed by atoms with Crippen LogP contribution in [0.1, 0.15) is 88.1 Å². The SMILES string of the molecule is CC(C)(C)c1ccc(-c2[nH]c3nccnc3c2CCCNS(=O)(=O)c2cccs2)cc1.Cc1noc(C)c1S(=O)(=O)NCCCc1c(-c2ccc(C(C)(C)C)cc2)[nH]c2nccnc12. The number of benzene rings is 2. The molecule has 0 aliphatic heterocycles. The van der Waals surface area contributed by atoms with Gasteiger partial charge in [-0.2, -0.15) is 0 Å². The van der Waals surface area contributed by atoms with E-state index in [0.717, 1.165) is 56.0 Å². The second-order valence-corrected chi connectivity index (χ2v) is 22.4. The maximum atomic E-state index is 12.7. The Morgan fingerprint density at radius 2 is 1.08 bits per heavy atom. The number of aromatic amines is 2. The fraction of sp³-hybridized carbons (Fsp3) is 0.340. The molecule has 4 N–H and O–H groups in total. The average molecular weight is 922 g/mol. The Hall–Kier alpha value is -5.59. The number of aryl methyl sites for hydroxylation is 4. The van der Waals surface area contributed by atoms with Gasteiger partial charge in [0.2, 0.25) is 20.0 Å². The van der Waals surface area contributed by atoms with Crippen LogP contribution < -0.4 is 9.44 Å². The fourth-order valence-electron chi connectivity index (χ4n) is 7.54. The van der Waals surface area contributed by atoms with Crippen LogP contribution in [0.3, 0.4) is 0 Å². The first-order valence-electron chi connectivity index (χ1n) is 21.1. The van der Waals surface area contributed by atoms with Crippen LogP contribution in [0.15, 0.2) is 104 Å². The fourth-order valence-corrected chi connectivity index (χ4v) is 11.1. The smallest absolute Gasteiger partial charge is 0.250 e. The van der Waals surface area contributed by atoms with Crippen molar-refractivity contribution in [2.45, 2.75) is 101 Å². The largest absolute Gasteiger partial charge is 0.360 e. The van der Waals surface area contributed by atoms with Crippen LogP contribution in [-0.2, 0) is 43.7 Å². The van der Waals surface area contributed by atoms with Crippen molar-refractivity contribution in [2.24, 2.45) is 0 Å². The maximum Gasteiger partial charge on any atom is 0.250 e. The highest BCUT2D eigenvalue weighted by Gasteiger charge is 2.25. The predicted molar refractivity (Wildman–Crippen MR) is 253 cm³/mol. The lowest BCUT2D eigenvalue weighted by Crippen LogP contribution is -2.26. The van der Waals surface area contributed by atoms with Gasteiger partial charge < -0.3 is 14.5 Å². The summed E-state index contributed by atoms with van der Waals surface area (Å²) in [7, 11) is -7.13. The Bertz CT molecular complexity index is 3050. The van der Waals surface area contributed by atoms with Gasteiger partial charge in [-0.15, -0.1) is 11.3 Å². The molecule has 2 aromatic carbocycles. The number of thiophene rings is 1. The lowest BCUT2D eigenvalue weighted by Gasteiger charge is -2.19. The Kier molecular flexibility index (Phi) is 13.7. The molecule has 0 saturated heterocycles. The van der Waals surface area contributed by atoms with Crippen molar-refractivity contribution in [2.75, 3.05) is 13.1 Å². The van der Waals surface area contributed by atoms with Crippen molar-refractivity contribution in [3.8, 4) is 22.5 Å². The molecule has 6 aromatic heterocycles. The molecule has 0 amide bonds. The molecule has 0 aliphatic carbocycles. The third-order valence-electron chi connectivity index (χ3n) is 10.9. The van der Waals surface area contributed by atoms with Crippen molar-refractivity contribution in [1.29, 1.82) is 0 Å². The summed E-state index contributed by atoms with van der Waals surface area (Å²) in [6.45, 7) is 17.0. The van der Waals surface area contributed by atoms with Crippen molar-refractivity contribution < 1.29 is 21.4 Å². The molecule has 0 unspecified atom stereocenters. The highest BCUT2D eigenvalue weighted by atomic mass is 32.2. The summed E-state index contributed by atoms with van der Waals surface area (Å²) in [6.07, 6.45) is 9.26. The van der Waals surface area contributed by atoms with Crippen molar-refractivity contribution in [1.82, 2.24) is 44.5 Å². The number of sulfonamides is 2. The number of rotatable bonds is 14. The average Bonchev–Trinajstić information content (AvgIpc) is 4.07. The van der Waals surface area contributed by atoms with Crippen LogP contribution in [0.4, 0.5) is 0 Å². The molecule has 0 bridgehead atoms. The van der Waals surface area contributed by atoms with Crippen LogP contribution in [-0.4, -0.2) is 65.0 Å². The predicted octanol–water partition coefficient (Wildman–Crippen LogP) is 9.33. The van der Waals surface area contributed by atoms with Gasteiger partial charge in [-0.05, 0) is 84.1 Å². The van der Waals surface area contributed by atoms with Gasteiger partial charge in [-0.1, -0.05) is 101 Å². The minimum Gasteiger partial charge on any atom is -0.360 e. The first-order valence-corrected chi connectivity index (χ1v) is 25.0. The number of nitrogens with zero attached hydrogens (tertiary/aromatic N) is 5. The summed E-state index contributed by atoms with van der Waals surface area (Å²) < 4.78 is 60.7. The maximum absolute atomic E-state index is 12.7. The lowest BCUT2D eigenvalue weighted by atomic mass is 9.86. The van der Waals surface area contributed by atoms with Crippen molar-refractivity contribution >= 4 is 53.7 Å². The lowest BCUT2D eigenvalue weighted by molar-refractivity contribution is 0.390. The first kappa shape index (κ1) is 46.4. The van der Waals surface area contributed by atoms with Gasteiger partial charge in [0.05, 0.1) is 11.4 Å². The molecule has 0 atom stereocenters. The minimum absolute atomic E-state index is 0.0727. The molecule has 0 saturated carbocycles. The van der Waals surface area contributed by atoms with E-state index in [1.165, 1.54) is 22.5 Å². The molecule has 8 rings (SSSR count). The van der Waals surface area contributed by atoms with Gasteiger partial charge in [0.15, 0.2) is 17.1 Å². The number of hydrogen-bond donors (Lipinski definition) is 4. The van der Waals surface area contributed by atoms with E-state index in [0.29, 0.717) is 42.1 Å². The third-order valence-corrected chi connectivity index (χ3v) is 15.5. The molecule has 0 aliphatic rings. The van der Waals surface area contributed by atoms with E-state index in [1.807, 2.05) is 0 Å². The Morgan fingerprint density at radius 3 is 1.48 bits per heavy atom. The van der Waals surface area contributed by atoms with E-state index in [1.54, 1.807) is 56.1 Å². The first-order chi connectivity index (χ1) is 30.3. The topological polar surface area (TPSA) is 202 Å². The summed E-state index contributed by atoms with van der Waals surface area (Å²) in [5.74, 6) is 0.285. The minimum atomic E-state index is -3.68. The molecule has 0 fully saturated rings. The summed E-state index contributed by atoms with van der Waals surface area (Å²) in [5.41, 5.74) is 12.3.